The molecule has 0 spiro atoms. The standard InChI is InChI=1S/C28H22F3N5O3S/c1-17-5-6-18(27(37)35-25-15-19(11-12-32-25)28(29,30)31)14-22(17)24-16-33-26-23(4-3-13-36(24)26)34-20-7-9-21(10-8-20)40(2,38)39/h3-16,34H,1-2H3,(H,32,35,37). The van der Waals surface area contributed by atoms with E-state index in [1.54, 1.807) is 36.5 Å². The highest BCUT2D eigenvalue weighted by Gasteiger charge is 2.31. The van der Waals surface area contributed by atoms with Crippen molar-refractivity contribution in [2.75, 3.05) is 16.9 Å². The van der Waals surface area contributed by atoms with E-state index in [9.17, 15) is 26.4 Å². The summed E-state index contributed by atoms with van der Waals surface area (Å²) in [5.74, 6) is -0.821. The van der Waals surface area contributed by atoms with Crippen LogP contribution in [0.2, 0.25) is 0 Å². The number of rotatable bonds is 6. The van der Waals surface area contributed by atoms with E-state index in [-0.39, 0.29) is 16.3 Å². The molecule has 1 amide bonds. The summed E-state index contributed by atoms with van der Waals surface area (Å²) in [6.07, 6.45) is 1.05. The number of sulfone groups is 1. The SMILES string of the molecule is Cc1ccc(C(=O)Nc2cc(C(F)(F)F)ccn2)cc1-c1cnc2c(Nc3ccc(S(C)(=O)=O)cc3)cccn12. The van der Waals surface area contributed by atoms with Gasteiger partial charge in [-0.3, -0.25) is 9.20 Å². The van der Waals surface area contributed by atoms with E-state index >= 15 is 0 Å². The van der Waals surface area contributed by atoms with Gasteiger partial charge in [0.1, 0.15) is 5.82 Å². The van der Waals surface area contributed by atoms with Crippen LogP contribution in [-0.4, -0.2) is 34.9 Å². The Kier molecular flexibility index (Phi) is 6.80. The summed E-state index contributed by atoms with van der Waals surface area (Å²) in [5, 5.41) is 5.68. The zero-order chi connectivity index (χ0) is 28.7. The van der Waals surface area contributed by atoms with Gasteiger partial charge in [-0.05, 0) is 73.2 Å². The number of hydrogen-bond donors (Lipinski definition) is 2. The average molecular weight is 566 g/mol. The number of anilines is 3. The van der Waals surface area contributed by atoms with Gasteiger partial charge in [-0.15, -0.1) is 0 Å². The summed E-state index contributed by atoms with van der Waals surface area (Å²) >= 11 is 0. The quantitative estimate of drug-likeness (QED) is 0.257. The lowest BCUT2D eigenvalue weighted by Crippen LogP contribution is -2.14. The van der Waals surface area contributed by atoms with Crippen LogP contribution in [0.4, 0.5) is 30.4 Å². The smallest absolute Gasteiger partial charge is 0.352 e. The molecule has 12 heteroatoms. The largest absolute Gasteiger partial charge is 0.416 e. The fraction of sp³-hybridized carbons (Fsp3) is 0.107. The third kappa shape index (κ3) is 5.52. The molecule has 2 aromatic carbocycles. The van der Waals surface area contributed by atoms with Crippen molar-refractivity contribution in [3.8, 4) is 11.3 Å². The summed E-state index contributed by atoms with van der Waals surface area (Å²) in [4.78, 5) is 21.5. The first-order chi connectivity index (χ1) is 18.9. The molecule has 5 rings (SSSR count). The molecule has 0 aliphatic carbocycles. The monoisotopic (exact) mass is 565 g/mol. The van der Waals surface area contributed by atoms with Gasteiger partial charge in [0.05, 0.1) is 28.0 Å². The maximum absolute atomic E-state index is 13.0. The third-order valence-corrected chi connectivity index (χ3v) is 7.33. The molecular weight excluding hydrogens is 543 g/mol. The number of alkyl halides is 3. The van der Waals surface area contributed by atoms with Crippen molar-refractivity contribution in [2.24, 2.45) is 0 Å². The molecule has 0 unspecified atom stereocenters. The molecule has 5 aromatic rings. The molecule has 0 radical (unpaired) electrons. The zero-order valence-electron chi connectivity index (χ0n) is 21.2. The molecule has 3 heterocycles. The highest BCUT2D eigenvalue weighted by atomic mass is 32.2. The van der Waals surface area contributed by atoms with E-state index in [1.807, 2.05) is 29.7 Å². The number of carbonyl (C=O) groups is 1. The Morgan fingerprint density at radius 2 is 1.73 bits per heavy atom. The molecule has 0 aliphatic heterocycles. The van der Waals surface area contributed by atoms with Crippen LogP contribution in [-0.2, 0) is 16.0 Å². The van der Waals surface area contributed by atoms with Gasteiger partial charge >= 0.3 is 6.18 Å². The second kappa shape index (κ2) is 10.1. The minimum absolute atomic E-state index is 0.211. The van der Waals surface area contributed by atoms with E-state index in [0.29, 0.717) is 28.3 Å². The summed E-state index contributed by atoms with van der Waals surface area (Å²) in [5.41, 5.74) is 3.49. The van der Waals surface area contributed by atoms with Crippen LogP contribution in [0.5, 0.6) is 0 Å². The van der Waals surface area contributed by atoms with Gasteiger partial charge in [0, 0.05) is 35.5 Å². The first-order valence-corrected chi connectivity index (χ1v) is 13.8. The second-order valence-electron chi connectivity index (χ2n) is 9.09. The van der Waals surface area contributed by atoms with Gasteiger partial charge in [-0.2, -0.15) is 13.2 Å². The van der Waals surface area contributed by atoms with Crippen molar-refractivity contribution < 1.29 is 26.4 Å². The summed E-state index contributed by atoms with van der Waals surface area (Å²) in [7, 11) is -3.32. The first-order valence-electron chi connectivity index (χ1n) is 11.9. The Bertz CT molecular complexity index is 1850. The minimum Gasteiger partial charge on any atom is -0.352 e. The lowest BCUT2D eigenvalue weighted by Gasteiger charge is -2.12. The lowest BCUT2D eigenvalue weighted by molar-refractivity contribution is -0.137. The highest BCUT2D eigenvalue weighted by Crippen LogP contribution is 2.31. The van der Waals surface area contributed by atoms with E-state index in [0.717, 1.165) is 30.1 Å². The van der Waals surface area contributed by atoms with Crippen molar-refractivity contribution in [2.45, 2.75) is 18.0 Å². The predicted octanol–water partition coefficient (Wildman–Crippen LogP) is 6.12. The normalized spacial score (nSPS) is 11.9. The number of halogens is 3. The Labute approximate surface area is 227 Å². The van der Waals surface area contributed by atoms with Crippen molar-refractivity contribution in [3.63, 3.8) is 0 Å². The van der Waals surface area contributed by atoms with Crippen molar-refractivity contribution in [3.05, 3.63) is 102 Å². The van der Waals surface area contributed by atoms with Gasteiger partial charge in [-0.25, -0.2) is 18.4 Å². The number of aromatic nitrogens is 3. The van der Waals surface area contributed by atoms with Gasteiger partial charge in [-0.1, -0.05) is 6.07 Å². The third-order valence-electron chi connectivity index (χ3n) is 6.20. The van der Waals surface area contributed by atoms with Gasteiger partial charge in [0.25, 0.3) is 5.91 Å². The topological polar surface area (TPSA) is 105 Å². The van der Waals surface area contributed by atoms with Crippen LogP contribution in [0.25, 0.3) is 16.9 Å². The molecular formula is C28H22F3N5O3S. The molecule has 3 aromatic heterocycles. The van der Waals surface area contributed by atoms with E-state index in [4.69, 9.17) is 0 Å². The van der Waals surface area contributed by atoms with E-state index < -0.39 is 27.5 Å². The minimum atomic E-state index is -4.56. The second-order valence-corrected chi connectivity index (χ2v) is 11.1. The summed E-state index contributed by atoms with van der Waals surface area (Å²) in [6, 6.07) is 16.6. The number of fused-ring (bicyclic) bond motifs is 1. The fourth-order valence-electron chi connectivity index (χ4n) is 4.15. The van der Waals surface area contributed by atoms with Crippen LogP contribution >= 0.6 is 0 Å². The number of nitrogens with zero attached hydrogens (tertiary/aromatic N) is 3. The molecule has 2 N–H and O–H groups in total. The number of hydrogen-bond acceptors (Lipinski definition) is 6. The number of imidazole rings is 1. The van der Waals surface area contributed by atoms with Gasteiger partial charge < -0.3 is 10.6 Å². The molecule has 204 valence electrons. The van der Waals surface area contributed by atoms with Crippen LogP contribution in [0.1, 0.15) is 21.5 Å². The number of nitrogens with one attached hydrogen (secondary N) is 2. The number of carbonyl (C=O) groups excluding carboxylic acids is 1. The Balaban J connectivity index is 1.44. The number of amides is 1. The molecule has 0 aliphatic rings. The Morgan fingerprint density at radius 1 is 0.975 bits per heavy atom. The van der Waals surface area contributed by atoms with Crippen LogP contribution in [0.3, 0.4) is 0 Å². The van der Waals surface area contributed by atoms with E-state index in [1.165, 1.54) is 12.1 Å². The van der Waals surface area contributed by atoms with Crippen LogP contribution in [0.15, 0.2) is 90.2 Å². The predicted molar refractivity (Wildman–Crippen MR) is 145 cm³/mol. The number of aryl methyl sites for hydroxylation is 1. The molecule has 40 heavy (non-hydrogen) atoms. The average Bonchev–Trinajstić information content (AvgIpc) is 3.33. The summed E-state index contributed by atoms with van der Waals surface area (Å²) < 4.78 is 64.5. The fourth-order valence-corrected chi connectivity index (χ4v) is 4.78. The molecule has 0 saturated heterocycles. The molecule has 0 fully saturated rings. The summed E-state index contributed by atoms with van der Waals surface area (Å²) in [6.45, 7) is 1.87. The van der Waals surface area contributed by atoms with E-state index in [2.05, 4.69) is 20.6 Å². The molecule has 8 nitrogen and oxygen atoms in total. The van der Waals surface area contributed by atoms with Crippen molar-refractivity contribution in [1.82, 2.24) is 14.4 Å². The molecule has 0 saturated carbocycles. The maximum Gasteiger partial charge on any atom is 0.416 e. The zero-order valence-corrected chi connectivity index (χ0v) is 22.0. The number of benzene rings is 2. The number of pyridine rings is 2. The van der Waals surface area contributed by atoms with Gasteiger partial charge in [0.2, 0.25) is 0 Å². The van der Waals surface area contributed by atoms with Gasteiger partial charge in [0.15, 0.2) is 15.5 Å². The Hall–Kier alpha value is -4.71. The van der Waals surface area contributed by atoms with Crippen molar-refractivity contribution >= 4 is 38.6 Å². The lowest BCUT2D eigenvalue weighted by atomic mass is 10.0. The molecule has 0 atom stereocenters. The molecule has 0 bridgehead atoms. The van der Waals surface area contributed by atoms with Crippen molar-refractivity contribution in [1.29, 1.82) is 0 Å². The van der Waals surface area contributed by atoms with Crippen LogP contribution < -0.4 is 10.6 Å². The Morgan fingerprint density at radius 3 is 2.42 bits per heavy atom. The first kappa shape index (κ1) is 26.9. The van der Waals surface area contributed by atoms with Crippen LogP contribution in [0, 0.1) is 6.92 Å². The maximum atomic E-state index is 13.0. The highest BCUT2D eigenvalue weighted by molar-refractivity contribution is 7.90.